The summed E-state index contributed by atoms with van der Waals surface area (Å²) in [5.41, 5.74) is 2.32. The van der Waals surface area contributed by atoms with Crippen LogP contribution in [0.1, 0.15) is 45.1 Å². The highest BCUT2D eigenvalue weighted by Gasteiger charge is 2.38. The smallest absolute Gasteiger partial charge is 0.323 e. The Morgan fingerprint density at radius 1 is 0.919 bits per heavy atom. The summed E-state index contributed by atoms with van der Waals surface area (Å²) in [6.07, 6.45) is 4.34. The van der Waals surface area contributed by atoms with Gasteiger partial charge in [-0.3, -0.25) is 14.5 Å². The van der Waals surface area contributed by atoms with Crippen LogP contribution in [0.4, 0.5) is 5.69 Å². The highest BCUT2D eigenvalue weighted by atomic mass is 16.5. The standard InChI is InChI=1S/C30H41N3O4/c1-24(2)23-37-27-11-7-6-8-25(27)20-31-16-12-30(13-17-31)14-18-32(19-15-30)28(34)21-33(22-29(35)36)26-9-4-3-5-10-26/h3-11,24H,12-23H2,1-2H3,(H,35,36). The molecular formula is C30H41N3O4. The number of nitrogens with zero attached hydrogens (tertiary/aromatic N) is 3. The first-order valence-electron chi connectivity index (χ1n) is 13.6. The summed E-state index contributed by atoms with van der Waals surface area (Å²) < 4.78 is 6.06. The average molecular weight is 508 g/mol. The van der Waals surface area contributed by atoms with Crippen LogP contribution in [0, 0.1) is 11.3 Å². The minimum atomic E-state index is -0.935. The summed E-state index contributed by atoms with van der Waals surface area (Å²) in [4.78, 5) is 30.6. The number of ether oxygens (including phenoxy) is 1. The fourth-order valence-electron chi connectivity index (χ4n) is 5.49. The maximum absolute atomic E-state index is 13.1. The largest absolute Gasteiger partial charge is 0.493 e. The molecule has 0 aliphatic carbocycles. The van der Waals surface area contributed by atoms with Gasteiger partial charge < -0.3 is 19.6 Å². The van der Waals surface area contributed by atoms with Crippen molar-refractivity contribution in [1.82, 2.24) is 9.80 Å². The number of aliphatic carboxylic acids is 1. The highest BCUT2D eigenvalue weighted by Crippen LogP contribution is 2.41. The third kappa shape index (κ3) is 7.48. The van der Waals surface area contributed by atoms with Gasteiger partial charge in [-0.25, -0.2) is 0 Å². The van der Waals surface area contributed by atoms with Crippen LogP contribution in [-0.2, 0) is 16.1 Å². The molecule has 2 aromatic rings. The van der Waals surface area contributed by atoms with E-state index in [0.717, 1.165) is 76.5 Å². The van der Waals surface area contributed by atoms with Gasteiger partial charge in [-0.15, -0.1) is 0 Å². The minimum Gasteiger partial charge on any atom is -0.493 e. The number of hydrogen-bond donors (Lipinski definition) is 1. The molecular weight excluding hydrogens is 466 g/mol. The maximum atomic E-state index is 13.1. The van der Waals surface area contributed by atoms with E-state index < -0.39 is 5.97 Å². The number of benzene rings is 2. The summed E-state index contributed by atoms with van der Waals surface area (Å²) in [7, 11) is 0. The molecule has 2 saturated heterocycles. The van der Waals surface area contributed by atoms with Crippen LogP contribution in [0.25, 0.3) is 0 Å². The number of carboxylic acids is 1. The van der Waals surface area contributed by atoms with Gasteiger partial charge in [-0.2, -0.15) is 0 Å². The third-order valence-electron chi connectivity index (χ3n) is 7.81. The molecule has 2 fully saturated rings. The van der Waals surface area contributed by atoms with E-state index in [2.05, 4.69) is 36.9 Å². The number of likely N-dealkylation sites (tertiary alicyclic amines) is 2. The molecule has 0 atom stereocenters. The predicted octanol–water partition coefficient (Wildman–Crippen LogP) is 4.52. The van der Waals surface area contributed by atoms with Crippen LogP contribution in [0.15, 0.2) is 54.6 Å². The van der Waals surface area contributed by atoms with Crippen molar-refractivity contribution in [2.75, 3.05) is 50.8 Å². The lowest BCUT2D eigenvalue weighted by Crippen LogP contribution is -2.50. The third-order valence-corrected chi connectivity index (χ3v) is 7.81. The normalized spacial score (nSPS) is 17.6. The van der Waals surface area contributed by atoms with Crippen molar-refractivity contribution in [1.29, 1.82) is 0 Å². The summed E-state index contributed by atoms with van der Waals surface area (Å²) in [5.74, 6) is 0.570. The minimum absolute atomic E-state index is 0.00962. The lowest BCUT2D eigenvalue weighted by Gasteiger charge is -2.47. The number of carbonyl (C=O) groups excluding carboxylic acids is 1. The van der Waals surface area contributed by atoms with Crippen LogP contribution < -0.4 is 9.64 Å². The van der Waals surface area contributed by atoms with Crippen molar-refractivity contribution < 1.29 is 19.4 Å². The number of carbonyl (C=O) groups is 2. The number of anilines is 1. The van der Waals surface area contributed by atoms with E-state index in [1.807, 2.05) is 41.3 Å². The summed E-state index contributed by atoms with van der Waals surface area (Å²) in [6, 6.07) is 17.7. The molecule has 1 spiro atoms. The Morgan fingerprint density at radius 3 is 2.19 bits per heavy atom. The van der Waals surface area contributed by atoms with Gasteiger partial charge in [0.15, 0.2) is 0 Å². The van der Waals surface area contributed by atoms with E-state index in [1.165, 1.54) is 5.56 Å². The van der Waals surface area contributed by atoms with Crippen LogP contribution in [-0.4, -0.2) is 72.7 Å². The molecule has 1 N–H and O–H groups in total. The molecule has 200 valence electrons. The van der Waals surface area contributed by atoms with Gasteiger partial charge in [0, 0.05) is 30.9 Å². The van der Waals surface area contributed by atoms with Crippen LogP contribution in [0.3, 0.4) is 0 Å². The van der Waals surface area contributed by atoms with Crippen LogP contribution >= 0.6 is 0 Å². The lowest BCUT2D eigenvalue weighted by molar-refractivity contribution is -0.135. The monoisotopic (exact) mass is 507 g/mol. The van der Waals surface area contributed by atoms with Gasteiger partial charge in [0.05, 0.1) is 13.2 Å². The Balaban J connectivity index is 1.27. The zero-order chi connectivity index (χ0) is 26.3. The SMILES string of the molecule is CC(C)COc1ccccc1CN1CCC2(CC1)CCN(C(=O)CN(CC(=O)O)c1ccccc1)CC2. The number of para-hydroxylation sites is 2. The fraction of sp³-hybridized carbons (Fsp3) is 0.533. The molecule has 0 aromatic heterocycles. The van der Waals surface area contributed by atoms with Crippen LogP contribution in [0.2, 0.25) is 0 Å². The molecule has 1 amide bonds. The maximum Gasteiger partial charge on any atom is 0.323 e. The Kier molecular flexibility index (Phi) is 9.09. The Labute approximate surface area is 221 Å². The van der Waals surface area contributed by atoms with Crippen molar-refractivity contribution in [3.8, 4) is 5.75 Å². The zero-order valence-electron chi connectivity index (χ0n) is 22.3. The highest BCUT2D eigenvalue weighted by molar-refractivity contribution is 5.84. The van der Waals surface area contributed by atoms with Gasteiger partial charge in [0.2, 0.25) is 5.91 Å². The number of hydrogen-bond acceptors (Lipinski definition) is 5. The summed E-state index contributed by atoms with van der Waals surface area (Å²) in [5, 5.41) is 9.34. The van der Waals surface area contributed by atoms with Gasteiger partial charge >= 0.3 is 5.97 Å². The zero-order valence-corrected chi connectivity index (χ0v) is 22.3. The van der Waals surface area contributed by atoms with Crippen molar-refractivity contribution in [2.45, 2.75) is 46.1 Å². The molecule has 0 unspecified atom stereocenters. The molecule has 7 nitrogen and oxygen atoms in total. The molecule has 37 heavy (non-hydrogen) atoms. The fourth-order valence-corrected chi connectivity index (χ4v) is 5.49. The van der Waals surface area contributed by atoms with Gasteiger partial charge in [0.25, 0.3) is 0 Å². The van der Waals surface area contributed by atoms with Gasteiger partial charge in [-0.1, -0.05) is 50.2 Å². The van der Waals surface area contributed by atoms with Gasteiger partial charge in [0.1, 0.15) is 12.3 Å². The predicted molar refractivity (Wildman–Crippen MR) is 146 cm³/mol. The molecule has 2 heterocycles. The van der Waals surface area contributed by atoms with Crippen molar-refractivity contribution in [2.24, 2.45) is 11.3 Å². The van der Waals surface area contributed by atoms with Crippen LogP contribution in [0.5, 0.6) is 5.75 Å². The quantitative estimate of drug-likeness (QED) is 0.510. The summed E-state index contributed by atoms with van der Waals surface area (Å²) >= 11 is 0. The van der Waals surface area contributed by atoms with E-state index in [9.17, 15) is 14.7 Å². The molecule has 7 heteroatoms. The van der Waals surface area contributed by atoms with Crippen molar-refractivity contribution in [3.63, 3.8) is 0 Å². The van der Waals surface area contributed by atoms with Crippen molar-refractivity contribution in [3.05, 3.63) is 60.2 Å². The average Bonchev–Trinajstić information content (AvgIpc) is 2.90. The van der Waals surface area contributed by atoms with E-state index in [0.29, 0.717) is 11.3 Å². The summed E-state index contributed by atoms with van der Waals surface area (Å²) in [6.45, 7) is 9.51. The molecule has 0 radical (unpaired) electrons. The number of piperidine rings is 2. The lowest BCUT2D eigenvalue weighted by atomic mass is 9.71. The number of carboxylic acid groups (broad SMARTS) is 1. The molecule has 2 aliphatic rings. The van der Waals surface area contributed by atoms with E-state index in [1.54, 1.807) is 4.90 Å². The second kappa shape index (κ2) is 12.5. The molecule has 4 rings (SSSR count). The second-order valence-corrected chi connectivity index (χ2v) is 11.1. The second-order valence-electron chi connectivity index (χ2n) is 11.1. The van der Waals surface area contributed by atoms with E-state index >= 15 is 0 Å². The van der Waals surface area contributed by atoms with E-state index in [4.69, 9.17) is 4.74 Å². The van der Waals surface area contributed by atoms with E-state index in [-0.39, 0.29) is 19.0 Å². The molecule has 2 aliphatic heterocycles. The number of amides is 1. The Morgan fingerprint density at radius 2 is 1.54 bits per heavy atom. The number of rotatable bonds is 10. The first-order valence-corrected chi connectivity index (χ1v) is 13.6. The molecule has 0 bridgehead atoms. The Bertz CT molecular complexity index is 1020. The van der Waals surface area contributed by atoms with Crippen molar-refractivity contribution >= 4 is 17.6 Å². The van der Waals surface area contributed by atoms with Gasteiger partial charge in [-0.05, 0) is 68.3 Å². The Hall–Kier alpha value is -3.06. The topological polar surface area (TPSA) is 73.3 Å². The molecule has 2 aromatic carbocycles. The first kappa shape index (κ1) is 27.0. The first-order chi connectivity index (χ1) is 17.8. The molecule has 0 saturated carbocycles.